The molecule has 1 aliphatic carbocycles. The first-order valence-corrected chi connectivity index (χ1v) is 6.60. The molecular formula is C13H14Cl2F2. The largest absolute Gasteiger partial charge is 0.204 e. The van der Waals surface area contributed by atoms with Gasteiger partial charge in [-0.3, -0.25) is 0 Å². The number of hydrogen-bond acceptors (Lipinski definition) is 0. The summed E-state index contributed by atoms with van der Waals surface area (Å²) < 4.78 is 26.2. The Bertz CT molecular complexity index is 420. The minimum Gasteiger partial charge on any atom is -0.204 e. The van der Waals surface area contributed by atoms with Gasteiger partial charge in [0.25, 0.3) is 0 Å². The monoisotopic (exact) mass is 278 g/mol. The summed E-state index contributed by atoms with van der Waals surface area (Å²) in [5.41, 5.74) is 0.506. The third kappa shape index (κ3) is 2.58. The summed E-state index contributed by atoms with van der Waals surface area (Å²) >= 11 is 12.3. The lowest BCUT2D eigenvalue weighted by Gasteiger charge is -2.22. The Balaban J connectivity index is 2.30. The summed E-state index contributed by atoms with van der Waals surface area (Å²) in [5, 5.41) is -0.127. The Labute approximate surface area is 110 Å². The molecule has 0 radical (unpaired) electrons. The van der Waals surface area contributed by atoms with Gasteiger partial charge in [0.15, 0.2) is 11.6 Å². The van der Waals surface area contributed by atoms with Crippen molar-refractivity contribution in [2.75, 3.05) is 0 Å². The Morgan fingerprint density at radius 1 is 1.24 bits per heavy atom. The third-order valence-corrected chi connectivity index (χ3v) is 4.53. The van der Waals surface area contributed by atoms with Crippen LogP contribution < -0.4 is 0 Å². The maximum Gasteiger partial charge on any atom is 0.160 e. The molecular weight excluding hydrogens is 265 g/mol. The van der Waals surface area contributed by atoms with E-state index >= 15 is 0 Å². The second-order valence-electron chi connectivity index (χ2n) is 4.76. The highest BCUT2D eigenvalue weighted by molar-refractivity contribution is 6.32. The highest BCUT2D eigenvalue weighted by atomic mass is 35.5. The highest BCUT2D eigenvalue weighted by Gasteiger charge is 2.32. The van der Waals surface area contributed by atoms with Gasteiger partial charge < -0.3 is 0 Å². The number of rotatable bonds is 2. The molecule has 1 saturated carbocycles. The van der Waals surface area contributed by atoms with E-state index in [4.69, 9.17) is 23.2 Å². The minimum atomic E-state index is -0.929. The van der Waals surface area contributed by atoms with Crippen molar-refractivity contribution in [3.8, 4) is 0 Å². The lowest BCUT2D eigenvalue weighted by Crippen LogP contribution is -2.12. The summed E-state index contributed by atoms with van der Waals surface area (Å²) in [5.74, 6) is -1.02. The zero-order valence-electron chi connectivity index (χ0n) is 9.52. The molecule has 0 N–H and O–H groups in total. The fourth-order valence-electron chi connectivity index (χ4n) is 2.59. The van der Waals surface area contributed by atoms with Gasteiger partial charge in [0, 0.05) is 5.02 Å². The molecule has 1 aliphatic rings. The summed E-state index contributed by atoms with van der Waals surface area (Å²) in [7, 11) is 0. The van der Waals surface area contributed by atoms with Crippen LogP contribution in [0.25, 0.3) is 0 Å². The molecule has 0 aliphatic heterocycles. The van der Waals surface area contributed by atoms with E-state index in [1.807, 2.05) is 0 Å². The van der Waals surface area contributed by atoms with Crippen molar-refractivity contribution in [1.29, 1.82) is 0 Å². The molecule has 0 saturated heterocycles. The van der Waals surface area contributed by atoms with Crippen LogP contribution in [0.5, 0.6) is 0 Å². The minimum absolute atomic E-state index is 0.211. The Morgan fingerprint density at radius 3 is 2.47 bits per heavy atom. The van der Waals surface area contributed by atoms with Crippen LogP contribution in [0.4, 0.5) is 8.78 Å². The molecule has 0 spiro atoms. The van der Waals surface area contributed by atoms with Gasteiger partial charge in [-0.1, -0.05) is 31.4 Å². The maximum atomic E-state index is 13.2. The van der Waals surface area contributed by atoms with Crippen molar-refractivity contribution in [3.63, 3.8) is 0 Å². The van der Waals surface area contributed by atoms with Crippen LogP contribution in [0.1, 0.15) is 37.1 Å². The van der Waals surface area contributed by atoms with Crippen LogP contribution in [-0.4, -0.2) is 0 Å². The molecule has 3 atom stereocenters. The van der Waals surface area contributed by atoms with Crippen LogP contribution in [0, 0.1) is 23.5 Å². The van der Waals surface area contributed by atoms with Gasteiger partial charge in [-0.05, 0) is 36.0 Å². The van der Waals surface area contributed by atoms with Crippen molar-refractivity contribution in [3.05, 3.63) is 34.4 Å². The Kier molecular flexibility index (Phi) is 3.94. The van der Waals surface area contributed by atoms with E-state index in [1.54, 1.807) is 0 Å². The summed E-state index contributed by atoms with van der Waals surface area (Å²) in [6.07, 6.45) is 3.29. The fourth-order valence-corrected chi connectivity index (χ4v) is 3.47. The Morgan fingerprint density at radius 2 is 1.88 bits per heavy atom. The second-order valence-corrected chi connectivity index (χ2v) is 5.64. The van der Waals surface area contributed by atoms with Crippen molar-refractivity contribution in [2.24, 2.45) is 11.8 Å². The fraction of sp³-hybridized carbons (Fsp3) is 0.538. The first-order valence-electron chi connectivity index (χ1n) is 5.79. The van der Waals surface area contributed by atoms with Crippen LogP contribution in [-0.2, 0) is 0 Å². The van der Waals surface area contributed by atoms with Gasteiger partial charge in [-0.15, -0.1) is 11.6 Å². The maximum absolute atomic E-state index is 13.2. The number of hydrogen-bond donors (Lipinski definition) is 0. The molecule has 0 nitrogen and oxygen atoms in total. The lowest BCUT2D eigenvalue weighted by molar-refractivity contribution is 0.404. The first-order chi connectivity index (χ1) is 8.00. The van der Waals surface area contributed by atoms with Crippen LogP contribution >= 0.6 is 23.2 Å². The molecule has 2 rings (SSSR count). The predicted octanol–water partition coefficient (Wildman–Crippen LogP) is 5.33. The van der Waals surface area contributed by atoms with Gasteiger partial charge in [0.1, 0.15) is 0 Å². The molecule has 1 fully saturated rings. The summed E-state index contributed by atoms with van der Waals surface area (Å²) in [6, 6.07) is 2.13. The number of halogens is 4. The number of alkyl halides is 1. The van der Waals surface area contributed by atoms with E-state index < -0.39 is 11.6 Å². The van der Waals surface area contributed by atoms with E-state index in [0.29, 0.717) is 17.4 Å². The Hall–Kier alpha value is -0.340. The third-order valence-electron chi connectivity index (χ3n) is 3.64. The standard InChI is InChI=1S/C13H14Cl2F2/c1-7-3-2-4-8(7)13(15)9-5-11(16)12(17)6-10(9)14/h5-8,13H,2-4H2,1H3. The van der Waals surface area contributed by atoms with E-state index in [1.165, 1.54) is 0 Å². The van der Waals surface area contributed by atoms with Gasteiger partial charge >= 0.3 is 0 Å². The van der Waals surface area contributed by atoms with Crippen molar-refractivity contribution < 1.29 is 8.78 Å². The van der Waals surface area contributed by atoms with E-state index in [9.17, 15) is 8.78 Å². The molecule has 1 aromatic rings. The van der Waals surface area contributed by atoms with Crippen LogP contribution in [0.2, 0.25) is 5.02 Å². The topological polar surface area (TPSA) is 0 Å². The van der Waals surface area contributed by atoms with Crippen LogP contribution in [0.15, 0.2) is 12.1 Å². The molecule has 0 amide bonds. The quantitative estimate of drug-likeness (QED) is 0.506. The number of benzene rings is 1. The van der Waals surface area contributed by atoms with Crippen molar-refractivity contribution in [1.82, 2.24) is 0 Å². The smallest absolute Gasteiger partial charge is 0.160 e. The van der Waals surface area contributed by atoms with Crippen molar-refractivity contribution >= 4 is 23.2 Å². The molecule has 0 bridgehead atoms. The molecule has 0 heterocycles. The average Bonchev–Trinajstić information content (AvgIpc) is 2.69. The first kappa shape index (κ1) is 13.1. The average molecular weight is 279 g/mol. The normalized spacial score (nSPS) is 26.2. The SMILES string of the molecule is CC1CCCC1C(Cl)c1cc(F)c(F)cc1Cl. The molecule has 0 aromatic heterocycles. The van der Waals surface area contributed by atoms with Crippen molar-refractivity contribution in [2.45, 2.75) is 31.6 Å². The highest BCUT2D eigenvalue weighted by Crippen LogP contribution is 2.45. The van der Waals surface area contributed by atoms with Crippen LogP contribution in [0.3, 0.4) is 0 Å². The van der Waals surface area contributed by atoms with Gasteiger partial charge in [-0.25, -0.2) is 8.78 Å². The summed E-state index contributed by atoms with van der Waals surface area (Å²) in [6.45, 7) is 2.14. The van der Waals surface area contributed by atoms with E-state index in [-0.39, 0.29) is 10.4 Å². The molecule has 4 heteroatoms. The molecule has 94 valence electrons. The predicted molar refractivity (Wildman–Crippen MR) is 66.5 cm³/mol. The van der Waals surface area contributed by atoms with Gasteiger partial charge in [0.05, 0.1) is 5.38 Å². The van der Waals surface area contributed by atoms with E-state index in [2.05, 4.69) is 6.92 Å². The second kappa shape index (κ2) is 5.11. The lowest BCUT2D eigenvalue weighted by atomic mass is 9.90. The summed E-state index contributed by atoms with van der Waals surface area (Å²) in [4.78, 5) is 0. The van der Waals surface area contributed by atoms with Gasteiger partial charge in [0.2, 0.25) is 0 Å². The van der Waals surface area contributed by atoms with E-state index in [0.717, 1.165) is 31.4 Å². The zero-order valence-corrected chi connectivity index (χ0v) is 11.0. The molecule has 1 aromatic carbocycles. The molecule has 17 heavy (non-hydrogen) atoms. The zero-order chi connectivity index (χ0) is 12.6. The molecule has 3 unspecified atom stereocenters. The van der Waals surface area contributed by atoms with Gasteiger partial charge in [-0.2, -0.15) is 0 Å².